The molecule has 0 spiro atoms. The van der Waals surface area contributed by atoms with Gasteiger partial charge in [0.2, 0.25) is 0 Å². The minimum atomic E-state index is 0.633. The fourth-order valence-corrected chi connectivity index (χ4v) is 2.35. The van der Waals surface area contributed by atoms with Crippen molar-refractivity contribution in [1.29, 1.82) is 0 Å². The fourth-order valence-electron chi connectivity index (χ4n) is 2.35. The molecule has 2 rings (SSSR count). The molecule has 0 saturated heterocycles. The van der Waals surface area contributed by atoms with E-state index in [0.29, 0.717) is 5.92 Å². The minimum Gasteiger partial charge on any atom is -0.0648 e. The first-order valence-electron chi connectivity index (χ1n) is 6.81. The molecular formula is C18H22. The van der Waals surface area contributed by atoms with Crippen molar-refractivity contribution < 1.29 is 0 Å². The first kappa shape index (κ1) is 12.9. The van der Waals surface area contributed by atoms with Crippen LogP contribution in [-0.2, 0) is 6.42 Å². The number of rotatable bonds is 4. The highest BCUT2D eigenvalue weighted by Crippen LogP contribution is 2.24. The van der Waals surface area contributed by atoms with Crippen LogP contribution in [0, 0.1) is 13.8 Å². The zero-order valence-corrected chi connectivity index (χ0v) is 11.6. The third-order valence-corrected chi connectivity index (χ3v) is 3.64. The van der Waals surface area contributed by atoms with Crippen LogP contribution in [0.3, 0.4) is 0 Å². The van der Waals surface area contributed by atoms with E-state index >= 15 is 0 Å². The van der Waals surface area contributed by atoms with Gasteiger partial charge in [-0.15, -0.1) is 0 Å². The second-order valence-corrected chi connectivity index (χ2v) is 5.21. The topological polar surface area (TPSA) is 0 Å². The molecule has 0 aliphatic heterocycles. The number of hydrogen-bond donors (Lipinski definition) is 0. The summed E-state index contributed by atoms with van der Waals surface area (Å²) in [6.07, 6.45) is 2.33. The predicted octanol–water partition coefficient (Wildman–Crippen LogP) is 5.04. The summed E-state index contributed by atoms with van der Waals surface area (Å²) in [6, 6.07) is 17.9. The quantitative estimate of drug-likeness (QED) is 0.700. The van der Waals surface area contributed by atoms with Crippen molar-refractivity contribution >= 4 is 0 Å². The molecule has 0 amide bonds. The summed E-state index contributed by atoms with van der Waals surface area (Å²) in [7, 11) is 0. The minimum absolute atomic E-state index is 0.633. The van der Waals surface area contributed by atoms with Crippen LogP contribution in [-0.4, -0.2) is 0 Å². The summed E-state index contributed by atoms with van der Waals surface area (Å²) in [5.41, 5.74) is 5.57. The second kappa shape index (κ2) is 5.86. The highest BCUT2D eigenvalue weighted by molar-refractivity contribution is 5.28. The van der Waals surface area contributed by atoms with Gasteiger partial charge in [-0.25, -0.2) is 0 Å². The van der Waals surface area contributed by atoms with Crippen LogP contribution in [0.5, 0.6) is 0 Å². The Balaban J connectivity index is 2.14. The average Bonchev–Trinajstić information content (AvgIpc) is 2.39. The second-order valence-electron chi connectivity index (χ2n) is 5.21. The molecule has 0 aliphatic carbocycles. The Morgan fingerprint density at radius 2 is 1.28 bits per heavy atom. The van der Waals surface area contributed by atoms with E-state index in [1.807, 2.05) is 0 Å². The van der Waals surface area contributed by atoms with Gasteiger partial charge in [-0.1, -0.05) is 66.6 Å². The van der Waals surface area contributed by atoms with Gasteiger partial charge in [-0.2, -0.15) is 0 Å². The summed E-state index contributed by atoms with van der Waals surface area (Å²) in [6.45, 7) is 6.56. The van der Waals surface area contributed by atoms with E-state index in [0.717, 1.165) is 6.42 Å². The van der Waals surface area contributed by atoms with Crippen molar-refractivity contribution in [3.63, 3.8) is 0 Å². The molecule has 94 valence electrons. The van der Waals surface area contributed by atoms with Gasteiger partial charge in [0.1, 0.15) is 0 Å². The average molecular weight is 238 g/mol. The number of benzene rings is 2. The number of hydrogen-bond acceptors (Lipinski definition) is 0. The lowest BCUT2D eigenvalue weighted by atomic mass is 9.89. The van der Waals surface area contributed by atoms with E-state index in [4.69, 9.17) is 0 Å². The van der Waals surface area contributed by atoms with Gasteiger partial charge in [-0.05, 0) is 43.7 Å². The lowest BCUT2D eigenvalue weighted by Crippen LogP contribution is -2.01. The molecule has 0 nitrogen and oxygen atoms in total. The molecule has 2 aromatic carbocycles. The van der Waals surface area contributed by atoms with Crippen LogP contribution in [0.25, 0.3) is 0 Å². The first-order valence-corrected chi connectivity index (χ1v) is 6.81. The molecule has 1 atom stereocenters. The van der Waals surface area contributed by atoms with Crippen LogP contribution in [0.2, 0.25) is 0 Å². The van der Waals surface area contributed by atoms with Crippen LogP contribution in [0.1, 0.15) is 41.5 Å². The Hall–Kier alpha value is -1.56. The van der Waals surface area contributed by atoms with Crippen LogP contribution in [0.4, 0.5) is 0 Å². The van der Waals surface area contributed by atoms with E-state index in [1.165, 1.54) is 28.7 Å². The maximum atomic E-state index is 2.28. The van der Waals surface area contributed by atoms with Gasteiger partial charge in [0, 0.05) is 0 Å². The van der Waals surface area contributed by atoms with E-state index in [2.05, 4.69) is 69.3 Å². The van der Waals surface area contributed by atoms with Crippen LogP contribution in [0.15, 0.2) is 48.5 Å². The summed E-state index contributed by atoms with van der Waals surface area (Å²) in [5.74, 6) is 0.633. The Morgan fingerprint density at radius 3 is 1.78 bits per heavy atom. The summed E-state index contributed by atoms with van der Waals surface area (Å²) < 4.78 is 0. The molecule has 0 N–H and O–H groups in total. The summed E-state index contributed by atoms with van der Waals surface area (Å²) >= 11 is 0. The van der Waals surface area contributed by atoms with Crippen molar-refractivity contribution in [1.82, 2.24) is 0 Å². The van der Waals surface area contributed by atoms with Crippen molar-refractivity contribution in [2.45, 2.75) is 39.5 Å². The van der Waals surface area contributed by atoms with Crippen molar-refractivity contribution in [3.8, 4) is 0 Å². The molecule has 0 radical (unpaired) electrons. The maximum Gasteiger partial charge on any atom is -0.0124 e. The molecule has 0 fully saturated rings. The Morgan fingerprint density at radius 1 is 0.778 bits per heavy atom. The molecule has 0 saturated carbocycles. The highest BCUT2D eigenvalue weighted by atomic mass is 14.1. The molecule has 18 heavy (non-hydrogen) atoms. The van der Waals surface area contributed by atoms with Crippen LogP contribution >= 0.6 is 0 Å². The third kappa shape index (κ3) is 3.22. The summed E-state index contributed by atoms with van der Waals surface area (Å²) in [5, 5.41) is 0. The maximum absolute atomic E-state index is 2.28. The van der Waals surface area contributed by atoms with Gasteiger partial charge in [0.15, 0.2) is 0 Å². The molecule has 0 heteroatoms. The third-order valence-electron chi connectivity index (χ3n) is 3.64. The predicted molar refractivity (Wildman–Crippen MR) is 79.1 cm³/mol. The van der Waals surface area contributed by atoms with Crippen molar-refractivity contribution in [3.05, 3.63) is 70.8 Å². The lowest BCUT2D eigenvalue weighted by Gasteiger charge is -2.16. The van der Waals surface area contributed by atoms with Crippen molar-refractivity contribution in [2.24, 2.45) is 0 Å². The van der Waals surface area contributed by atoms with Crippen LogP contribution < -0.4 is 0 Å². The van der Waals surface area contributed by atoms with E-state index in [1.54, 1.807) is 0 Å². The first-order chi connectivity index (χ1) is 8.69. The normalized spacial score (nSPS) is 12.4. The van der Waals surface area contributed by atoms with E-state index < -0.39 is 0 Å². The largest absolute Gasteiger partial charge is 0.0648 e. The van der Waals surface area contributed by atoms with E-state index in [-0.39, 0.29) is 0 Å². The highest BCUT2D eigenvalue weighted by Gasteiger charge is 2.09. The smallest absolute Gasteiger partial charge is 0.0124 e. The zero-order chi connectivity index (χ0) is 13.0. The van der Waals surface area contributed by atoms with Gasteiger partial charge in [-0.3, -0.25) is 0 Å². The Kier molecular flexibility index (Phi) is 4.19. The van der Waals surface area contributed by atoms with Gasteiger partial charge in [0.25, 0.3) is 0 Å². The monoisotopic (exact) mass is 238 g/mol. The molecule has 0 heterocycles. The van der Waals surface area contributed by atoms with Gasteiger partial charge in [0.05, 0.1) is 0 Å². The molecule has 2 aromatic rings. The lowest BCUT2D eigenvalue weighted by molar-refractivity contribution is 0.660. The standard InChI is InChI=1S/C18H22/c1-4-17(18-11-7-15(3)8-12-18)13-16-9-5-14(2)6-10-16/h5-12,17H,4,13H2,1-3H3. The SMILES string of the molecule is CCC(Cc1ccc(C)cc1)c1ccc(C)cc1. The van der Waals surface area contributed by atoms with Gasteiger partial charge >= 0.3 is 0 Å². The Labute approximate surface area is 111 Å². The molecule has 1 unspecified atom stereocenters. The molecule has 0 aromatic heterocycles. The molecule has 0 bridgehead atoms. The Bertz CT molecular complexity index is 476. The number of aryl methyl sites for hydroxylation is 2. The molecule has 0 aliphatic rings. The van der Waals surface area contributed by atoms with E-state index in [9.17, 15) is 0 Å². The molecular weight excluding hydrogens is 216 g/mol. The summed E-state index contributed by atoms with van der Waals surface area (Å²) in [4.78, 5) is 0. The zero-order valence-electron chi connectivity index (χ0n) is 11.6. The van der Waals surface area contributed by atoms with Crippen molar-refractivity contribution in [2.75, 3.05) is 0 Å². The van der Waals surface area contributed by atoms with Gasteiger partial charge < -0.3 is 0 Å². The fraction of sp³-hybridized carbons (Fsp3) is 0.333.